The van der Waals surface area contributed by atoms with Crippen LogP contribution in [0.2, 0.25) is 5.02 Å². The highest BCUT2D eigenvalue weighted by Crippen LogP contribution is 2.23. The first kappa shape index (κ1) is 17.7. The minimum absolute atomic E-state index is 0.108. The van der Waals surface area contributed by atoms with Crippen LogP contribution in [0.4, 0.5) is 0 Å². The number of hydrogen-bond donors (Lipinski definition) is 1. The number of nitrogens with zero attached hydrogens (tertiary/aromatic N) is 2. The third-order valence-corrected chi connectivity index (χ3v) is 4.23. The van der Waals surface area contributed by atoms with Crippen LogP contribution >= 0.6 is 11.6 Å². The van der Waals surface area contributed by atoms with Gasteiger partial charge in [-0.25, -0.2) is 4.98 Å². The fourth-order valence-electron chi connectivity index (χ4n) is 2.69. The summed E-state index contributed by atoms with van der Waals surface area (Å²) in [5.41, 5.74) is 2.18. The van der Waals surface area contributed by atoms with Crippen molar-refractivity contribution < 1.29 is 9.52 Å². The summed E-state index contributed by atoms with van der Waals surface area (Å²) in [6.07, 6.45) is 2.64. The van der Waals surface area contributed by atoms with E-state index in [1.807, 2.05) is 42.5 Å². The summed E-state index contributed by atoms with van der Waals surface area (Å²) >= 11 is 6.03. The first-order chi connectivity index (χ1) is 12.2. The maximum atomic E-state index is 9.32. The summed E-state index contributed by atoms with van der Waals surface area (Å²) in [6.45, 7) is 2.09. The Morgan fingerprint density at radius 3 is 2.64 bits per heavy atom. The first-order valence-electron chi connectivity index (χ1n) is 8.32. The van der Waals surface area contributed by atoms with E-state index in [0.717, 1.165) is 18.5 Å². The van der Waals surface area contributed by atoms with Crippen molar-refractivity contribution in [3.05, 3.63) is 77.3 Å². The number of aliphatic hydroxyl groups is 1. The molecule has 1 N–H and O–H groups in total. The standard InChI is InChI=1S/C20H21ClN2O2/c21-18-8-4-7-17(13-18)19-14-22-20(25-19)15-23(11-12-24)10-9-16-5-2-1-3-6-16/h1-8,13-14,24H,9-12,15H2. The molecule has 1 aromatic heterocycles. The van der Waals surface area contributed by atoms with Gasteiger partial charge in [-0.05, 0) is 24.1 Å². The van der Waals surface area contributed by atoms with Crippen molar-refractivity contribution in [3.63, 3.8) is 0 Å². The SMILES string of the molecule is OCCN(CCc1ccccc1)Cc1ncc(-c2cccc(Cl)c2)o1. The minimum Gasteiger partial charge on any atom is -0.439 e. The van der Waals surface area contributed by atoms with E-state index < -0.39 is 0 Å². The first-order valence-corrected chi connectivity index (χ1v) is 8.70. The smallest absolute Gasteiger partial charge is 0.209 e. The van der Waals surface area contributed by atoms with Crippen molar-refractivity contribution in [1.29, 1.82) is 0 Å². The van der Waals surface area contributed by atoms with Gasteiger partial charge in [-0.15, -0.1) is 0 Å². The van der Waals surface area contributed by atoms with Crippen molar-refractivity contribution in [2.75, 3.05) is 19.7 Å². The molecule has 0 amide bonds. The van der Waals surface area contributed by atoms with Crippen LogP contribution < -0.4 is 0 Å². The predicted molar refractivity (Wildman–Crippen MR) is 99.5 cm³/mol. The van der Waals surface area contributed by atoms with Gasteiger partial charge in [0, 0.05) is 23.7 Å². The van der Waals surface area contributed by atoms with Crippen molar-refractivity contribution in [3.8, 4) is 11.3 Å². The van der Waals surface area contributed by atoms with Crippen LogP contribution in [0.15, 0.2) is 65.2 Å². The van der Waals surface area contributed by atoms with Crippen molar-refractivity contribution in [1.82, 2.24) is 9.88 Å². The van der Waals surface area contributed by atoms with Gasteiger partial charge in [0.2, 0.25) is 5.89 Å². The zero-order valence-corrected chi connectivity index (χ0v) is 14.7. The number of halogens is 1. The van der Waals surface area contributed by atoms with Crippen molar-refractivity contribution >= 4 is 11.6 Å². The van der Waals surface area contributed by atoms with Gasteiger partial charge in [-0.2, -0.15) is 0 Å². The predicted octanol–water partition coefficient (Wildman–Crippen LogP) is 4.03. The molecule has 1 heterocycles. The number of rotatable bonds is 8. The van der Waals surface area contributed by atoms with Crippen LogP contribution in [0.5, 0.6) is 0 Å². The lowest BCUT2D eigenvalue weighted by Crippen LogP contribution is -2.28. The van der Waals surface area contributed by atoms with E-state index in [0.29, 0.717) is 29.8 Å². The van der Waals surface area contributed by atoms with E-state index in [2.05, 4.69) is 22.0 Å². The molecule has 4 nitrogen and oxygen atoms in total. The molecule has 0 fully saturated rings. The molecule has 0 bridgehead atoms. The molecule has 0 unspecified atom stereocenters. The van der Waals surface area contributed by atoms with E-state index in [1.54, 1.807) is 6.20 Å². The largest absolute Gasteiger partial charge is 0.439 e. The second-order valence-electron chi connectivity index (χ2n) is 5.86. The topological polar surface area (TPSA) is 49.5 Å². The maximum absolute atomic E-state index is 9.32. The normalized spacial score (nSPS) is 11.2. The Bertz CT molecular complexity index is 789. The van der Waals surface area contributed by atoms with Crippen molar-refractivity contribution in [2.24, 2.45) is 0 Å². The zero-order chi connectivity index (χ0) is 17.5. The molecule has 25 heavy (non-hydrogen) atoms. The third-order valence-electron chi connectivity index (χ3n) is 4.00. The zero-order valence-electron chi connectivity index (χ0n) is 13.9. The Hall–Kier alpha value is -2.14. The molecule has 2 aromatic carbocycles. The number of oxazole rings is 1. The van der Waals surface area contributed by atoms with Crippen LogP contribution in [0, 0.1) is 0 Å². The van der Waals surface area contributed by atoms with E-state index >= 15 is 0 Å². The molecule has 3 rings (SSSR count). The Kier molecular flexibility index (Phi) is 6.23. The van der Waals surface area contributed by atoms with Crippen molar-refractivity contribution in [2.45, 2.75) is 13.0 Å². The minimum atomic E-state index is 0.108. The average molecular weight is 357 g/mol. The van der Waals surface area contributed by atoms with E-state index in [4.69, 9.17) is 16.0 Å². The van der Waals surface area contributed by atoms with E-state index in [1.165, 1.54) is 5.56 Å². The van der Waals surface area contributed by atoms with Gasteiger partial charge in [0.15, 0.2) is 5.76 Å². The van der Waals surface area contributed by atoms with Gasteiger partial charge < -0.3 is 9.52 Å². The molecule has 3 aromatic rings. The average Bonchev–Trinajstić information content (AvgIpc) is 3.09. The molecule has 0 aliphatic carbocycles. The summed E-state index contributed by atoms with van der Waals surface area (Å²) in [6, 6.07) is 17.8. The Labute approximate surface area is 152 Å². The quantitative estimate of drug-likeness (QED) is 0.662. The summed E-state index contributed by atoms with van der Waals surface area (Å²) < 4.78 is 5.86. The number of aromatic nitrogens is 1. The highest BCUT2D eigenvalue weighted by atomic mass is 35.5. The maximum Gasteiger partial charge on any atom is 0.209 e. The Balaban J connectivity index is 1.64. The molecule has 0 aliphatic heterocycles. The van der Waals surface area contributed by atoms with E-state index in [9.17, 15) is 5.11 Å². The number of benzene rings is 2. The molecule has 0 atom stereocenters. The molecular weight excluding hydrogens is 336 g/mol. The van der Waals surface area contributed by atoms with Crippen LogP contribution in [-0.4, -0.2) is 34.7 Å². The lowest BCUT2D eigenvalue weighted by atomic mass is 10.1. The second-order valence-corrected chi connectivity index (χ2v) is 6.30. The monoisotopic (exact) mass is 356 g/mol. The van der Waals surface area contributed by atoms with Gasteiger partial charge in [0.05, 0.1) is 19.3 Å². The van der Waals surface area contributed by atoms with Crippen LogP contribution in [0.1, 0.15) is 11.5 Å². The molecular formula is C20H21ClN2O2. The van der Waals surface area contributed by atoms with Gasteiger partial charge in [-0.1, -0.05) is 54.1 Å². The van der Waals surface area contributed by atoms with Crippen LogP contribution in [0.25, 0.3) is 11.3 Å². The molecule has 0 saturated heterocycles. The number of hydrogen-bond acceptors (Lipinski definition) is 4. The Morgan fingerprint density at radius 2 is 1.88 bits per heavy atom. The number of aliphatic hydroxyl groups excluding tert-OH is 1. The summed E-state index contributed by atoms with van der Waals surface area (Å²) in [4.78, 5) is 6.51. The highest BCUT2D eigenvalue weighted by molar-refractivity contribution is 6.30. The molecule has 0 aliphatic rings. The Morgan fingerprint density at radius 1 is 1.04 bits per heavy atom. The fourth-order valence-corrected chi connectivity index (χ4v) is 2.88. The van der Waals surface area contributed by atoms with Gasteiger partial charge in [-0.3, -0.25) is 4.90 Å². The fraction of sp³-hybridized carbons (Fsp3) is 0.250. The van der Waals surface area contributed by atoms with Gasteiger partial charge in [0.1, 0.15) is 0 Å². The second kappa shape index (κ2) is 8.81. The van der Waals surface area contributed by atoms with Gasteiger partial charge in [0.25, 0.3) is 0 Å². The molecule has 0 saturated carbocycles. The highest BCUT2D eigenvalue weighted by Gasteiger charge is 2.12. The molecule has 130 valence electrons. The van der Waals surface area contributed by atoms with Gasteiger partial charge >= 0.3 is 0 Å². The molecule has 0 radical (unpaired) electrons. The third kappa shape index (κ3) is 5.16. The molecule has 5 heteroatoms. The lowest BCUT2D eigenvalue weighted by molar-refractivity contribution is 0.180. The summed E-state index contributed by atoms with van der Waals surface area (Å²) in [5.74, 6) is 1.33. The van der Waals surface area contributed by atoms with Crippen LogP contribution in [0.3, 0.4) is 0 Å². The van der Waals surface area contributed by atoms with E-state index in [-0.39, 0.29) is 6.61 Å². The summed E-state index contributed by atoms with van der Waals surface area (Å²) in [5, 5.41) is 9.99. The van der Waals surface area contributed by atoms with Crippen LogP contribution in [-0.2, 0) is 13.0 Å². The summed E-state index contributed by atoms with van der Waals surface area (Å²) in [7, 11) is 0. The lowest BCUT2D eigenvalue weighted by Gasteiger charge is -2.19. The molecule has 0 spiro atoms.